The minimum atomic E-state index is -4.63. The van der Waals surface area contributed by atoms with Gasteiger partial charge in [0, 0.05) is 0 Å². The molecule has 0 spiro atoms. The van der Waals surface area contributed by atoms with Crippen LogP contribution in [0.15, 0.2) is 53.4 Å². The van der Waals surface area contributed by atoms with Crippen LogP contribution < -0.4 is 10.0 Å². The van der Waals surface area contributed by atoms with Crippen molar-refractivity contribution in [1.29, 1.82) is 0 Å². The van der Waals surface area contributed by atoms with Crippen LogP contribution in [0, 0.1) is 6.92 Å². The van der Waals surface area contributed by atoms with Crippen LogP contribution in [-0.2, 0) is 21.0 Å². The second-order valence-corrected chi connectivity index (χ2v) is 7.00. The van der Waals surface area contributed by atoms with Gasteiger partial charge in [-0.2, -0.15) is 13.2 Å². The fourth-order valence-corrected chi connectivity index (χ4v) is 3.15. The molecule has 0 saturated carbocycles. The van der Waals surface area contributed by atoms with Crippen LogP contribution in [0.1, 0.15) is 11.1 Å². The van der Waals surface area contributed by atoms with Crippen LogP contribution in [0.5, 0.6) is 0 Å². The summed E-state index contributed by atoms with van der Waals surface area (Å²) in [6, 6.07) is 10.5. The van der Waals surface area contributed by atoms with Crippen molar-refractivity contribution in [3.63, 3.8) is 0 Å². The Morgan fingerprint density at radius 3 is 2.40 bits per heavy atom. The molecule has 2 aromatic carbocycles. The number of sulfonamides is 1. The van der Waals surface area contributed by atoms with Crippen molar-refractivity contribution < 1.29 is 26.4 Å². The number of nitrogens with one attached hydrogen (secondary N) is 2. The number of rotatable bonds is 5. The van der Waals surface area contributed by atoms with Gasteiger partial charge in [0.05, 0.1) is 22.7 Å². The molecule has 2 rings (SSSR count). The third kappa shape index (κ3) is 5.04. The average molecular weight is 372 g/mol. The number of para-hydroxylation sites is 1. The smallest absolute Gasteiger partial charge is 0.324 e. The van der Waals surface area contributed by atoms with Crippen LogP contribution in [0.2, 0.25) is 0 Å². The van der Waals surface area contributed by atoms with Gasteiger partial charge in [-0.1, -0.05) is 24.3 Å². The lowest BCUT2D eigenvalue weighted by Crippen LogP contribution is -2.33. The van der Waals surface area contributed by atoms with Crippen molar-refractivity contribution in [3.8, 4) is 0 Å². The highest BCUT2D eigenvalue weighted by molar-refractivity contribution is 7.89. The Bertz CT molecular complexity index is 880. The summed E-state index contributed by atoms with van der Waals surface area (Å²) in [5, 5.41) is 2.07. The fourth-order valence-electron chi connectivity index (χ4n) is 2.06. The molecule has 0 heterocycles. The summed E-state index contributed by atoms with van der Waals surface area (Å²) in [5.74, 6) is -0.909. The number of hydrogen-bond donors (Lipinski definition) is 2. The first-order valence-corrected chi connectivity index (χ1v) is 8.60. The number of carbonyl (C=O) groups excluding carboxylic acids is 1. The second-order valence-electron chi connectivity index (χ2n) is 5.23. The van der Waals surface area contributed by atoms with Gasteiger partial charge in [-0.15, -0.1) is 0 Å². The highest BCUT2D eigenvalue weighted by atomic mass is 32.2. The summed E-state index contributed by atoms with van der Waals surface area (Å²) in [6.07, 6.45) is -4.63. The molecule has 0 aliphatic carbocycles. The van der Waals surface area contributed by atoms with E-state index in [1.807, 2.05) is 0 Å². The van der Waals surface area contributed by atoms with Crippen molar-refractivity contribution >= 4 is 21.6 Å². The predicted molar refractivity (Wildman–Crippen MR) is 86.4 cm³/mol. The van der Waals surface area contributed by atoms with Gasteiger partial charge in [-0.05, 0) is 36.8 Å². The van der Waals surface area contributed by atoms with Gasteiger partial charge in [0.1, 0.15) is 0 Å². The van der Waals surface area contributed by atoms with Gasteiger partial charge in [0.15, 0.2) is 0 Å². The highest BCUT2D eigenvalue weighted by Crippen LogP contribution is 2.34. The highest BCUT2D eigenvalue weighted by Gasteiger charge is 2.33. The molecule has 0 saturated heterocycles. The summed E-state index contributed by atoms with van der Waals surface area (Å²) < 4.78 is 64.9. The molecule has 0 fully saturated rings. The van der Waals surface area contributed by atoms with Crippen LogP contribution in [-0.4, -0.2) is 20.9 Å². The van der Waals surface area contributed by atoms with E-state index in [-0.39, 0.29) is 4.90 Å². The molecule has 0 aromatic heterocycles. The van der Waals surface area contributed by atoms with Gasteiger partial charge >= 0.3 is 6.18 Å². The first kappa shape index (κ1) is 18.9. The van der Waals surface area contributed by atoms with E-state index in [1.165, 1.54) is 24.3 Å². The number of anilines is 1. The lowest BCUT2D eigenvalue weighted by Gasteiger charge is -2.14. The lowest BCUT2D eigenvalue weighted by atomic mass is 10.1. The Morgan fingerprint density at radius 1 is 1.08 bits per heavy atom. The molecule has 9 heteroatoms. The first-order valence-electron chi connectivity index (χ1n) is 7.12. The molecule has 2 N–H and O–H groups in total. The Labute approximate surface area is 142 Å². The van der Waals surface area contributed by atoms with E-state index in [2.05, 4.69) is 10.0 Å². The largest absolute Gasteiger partial charge is 0.418 e. The monoisotopic (exact) mass is 372 g/mol. The SMILES string of the molecule is Cc1cccc(S(=O)(=O)NCC(=O)Nc2ccccc2C(F)(F)F)c1. The Morgan fingerprint density at radius 2 is 1.76 bits per heavy atom. The molecule has 0 aliphatic heterocycles. The summed E-state index contributed by atoms with van der Waals surface area (Å²) >= 11 is 0. The quantitative estimate of drug-likeness (QED) is 0.847. The molecule has 2 aromatic rings. The zero-order valence-electron chi connectivity index (χ0n) is 13.1. The van der Waals surface area contributed by atoms with Crippen LogP contribution in [0.4, 0.5) is 18.9 Å². The molecular formula is C16H15F3N2O3S. The van der Waals surface area contributed by atoms with Gasteiger partial charge in [-0.25, -0.2) is 13.1 Å². The molecule has 1 amide bonds. The number of carbonyl (C=O) groups is 1. The summed E-state index contributed by atoms with van der Waals surface area (Å²) in [6.45, 7) is 1.02. The van der Waals surface area contributed by atoms with E-state index >= 15 is 0 Å². The van der Waals surface area contributed by atoms with Gasteiger partial charge in [0.25, 0.3) is 0 Å². The topological polar surface area (TPSA) is 75.3 Å². The number of halogens is 3. The number of aryl methyl sites for hydroxylation is 1. The normalized spacial score (nSPS) is 12.0. The van der Waals surface area contributed by atoms with Crippen LogP contribution in [0.3, 0.4) is 0 Å². The maximum absolute atomic E-state index is 12.9. The molecule has 0 radical (unpaired) electrons. The van der Waals surface area contributed by atoms with E-state index in [0.717, 1.165) is 12.1 Å². The van der Waals surface area contributed by atoms with E-state index in [0.29, 0.717) is 5.56 Å². The van der Waals surface area contributed by atoms with Gasteiger partial charge < -0.3 is 5.32 Å². The van der Waals surface area contributed by atoms with Gasteiger partial charge in [-0.3, -0.25) is 4.79 Å². The molecule has 0 unspecified atom stereocenters. The lowest BCUT2D eigenvalue weighted by molar-refractivity contribution is -0.137. The van der Waals surface area contributed by atoms with Gasteiger partial charge in [0.2, 0.25) is 15.9 Å². The number of alkyl halides is 3. The molecule has 0 bridgehead atoms. The Kier molecular flexibility index (Phi) is 5.48. The Hall–Kier alpha value is -2.39. The van der Waals surface area contributed by atoms with Crippen molar-refractivity contribution in [2.24, 2.45) is 0 Å². The number of benzene rings is 2. The first-order chi connectivity index (χ1) is 11.6. The van der Waals surface area contributed by atoms with E-state index in [1.54, 1.807) is 19.1 Å². The van der Waals surface area contributed by atoms with Crippen molar-refractivity contribution in [2.45, 2.75) is 18.0 Å². The van der Waals surface area contributed by atoms with Crippen molar-refractivity contribution in [1.82, 2.24) is 4.72 Å². The van der Waals surface area contributed by atoms with E-state index in [9.17, 15) is 26.4 Å². The van der Waals surface area contributed by atoms with Crippen LogP contribution >= 0.6 is 0 Å². The predicted octanol–water partition coefficient (Wildman–Crippen LogP) is 2.93. The molecular weight excluding hydrogens is 357 g/mol. The van der Waals surface area contributed by atoms with E-state index in [4.69, 9.17) is 0 Å². The zero-order valence-corrected chi connectivity index (χ0v) is 13.9. The maximum Gasteiger partial charge on any atom is 0.418 e. The third-order valence-electron chi connectivity index (χ3n) is 3.23. The van der Waals surface area contributed by atoms with Crippen molar-refractivity contribution in [3.05, 3.63) is 59.7 Å². The van der Waals surface area contributed by atoms with Crippen molar-refractivity contribution in [2.75, 3.05) is 11.9 Å². The average Bonchev–Trinajstić information content (AvgIpc) is 2.52. The number of amides is 1. The van der Waals surface area contributed by atoms with E-state index < -0.39 is 39.9 Å². The number of hydrogen-bond acceptors (Lipinski definition) is 3. The zero-order chi connectivity index (χ0) is 18.7. The molecule has 0 aliphatic rings. The fraction of sp³-hybridized carbons (Fsp3) is 0.188. The minimum absolute atomic E-state index is 0.0315. The molecule has 0 atom stereocenters. The molecule has 134 valence electrons. The standard InChI is InChI=1S/C16H15F3N2O3S/c1-11-5-4-6-12(9-11)25(23,24)20-10-15(22)21-14-8-3-2-7-13(14)16(17,18)19/h2-9,20H,10H2,1H3,(H,21,22). The summed E-state index contributed by atoms with van der Waals surface area (Å²) in [7, 11) is -3.94. The second kappa shape index (κ2) is 7.24. The Balaban J connectivity index is 2.07. The summed E-state index contributed by atoms with van der Waals surface area (Å²) in [5.41, 5.74) is -0.730. The molecule has 5 nitrogen and oxygen atoms in total. The third-order valence-corrected chi connectivity index (χ3v) is 4.63. The molecule has 25 heavy (non-hydrogen) atoms. The van der Waals surface area contributed by atoms with Crippen LogP contribution in [0.25, 0.3) is 0 Å². The summed E-state index contributed by atoms with van der Waals surface area (Å²) in [4.78, 5) is 11.8. The maximum atomic E-state index is 12.9. The minimum Gasteiger partial charge on any atom is -0.324 e.